The third kappa shape index (κ3) is 4.96. The number of hydrogen-bond acceptors (Lipinski definition) is 2. The molecule has 0 saturated carbocycles. The summed E-state index contributed by atoms with van der Waals surface area (Å²) in [6.07, 6.45) is 0. The minimum absolute atomic E-state index is 0.863. The molecule has 0 N–H and O–H groups in total. The topological polar surface area (TPSA) is 16.4 Å². The summed E-state index contributed by atoms with van der Waals surface area (Å²) in [5, 5.41) is 12.2. The summed E-state index contributed by atoms with van der Waals surface area (Å²) >= 11 is 0. The van der Waals surface area contributed by atoms with Gasteiger partial charge in [-0.25, -0.2) is 0 Å². The highest BCUT2D eigenvalue weighted by atomic mass is 16.3. The standard InChI is InChI=1S/C52H33NO/c1-2-9-34(10-3-1)40-25-30-47-48-15-8-16-50(52(48)54-51(47)32-40)53(43-28-23-38-18-17-37-12-5-7-14-45(37)49(38)33-43)42-26-21-35(22-27-42)39-24-29-46-41(31-39)20-19-36-11-4-6-13-44(36)46/h1-33H. The minimum Gasteiger partial charge on any atom is -0.454 e. The van der Waals surface area contributed by atoms with Gasteiger partial charge in [0.05, 0.1) is 5.69 Å². The van der Waals surface area contributed by atoms with Crippen LogP contribution in [0.25, 0.3) is 87.3 Å². The maximum atomic E-state index is 6.85. The number of hydrogen-bond donors (Lipinski definition) is 0. The zero-order valence-corrected chi connectivity index (χ0v) is 29.4. The summed E-state index contributed by atoms with van der Waals surface area (Å²) in [5.41, 5.74) is 9.55. The van der Waals surface area contributed by atoms with E-state index in [4.69, 9.17) is 4.42 Å². The Morgan fingerprint density at radius 1 is 0.296 bits per heavy atom. The van der Waals surface area contributed by atoms with Gasteiger partial charge in [0.1, 0.15) is 5.58 Å². The van der Waals surface area contributed by atoms with E-state index in [-0.39, 0.29) is 0 Å². The second-order valence-corrected chi connectivity index (χ2v) is 14.1. The quantitative estimate of drug-likeness (QED) is 0.168. The Morgan fingerprint density at radius 2 is 0.833 bits per heavy atom. The van der Waals surface area contributed by atoms with E-state index in [2.05, 4.69) is 205 Å². The molecular formula is C52H33NO. The van der Waals surface area contributed by atoms with Crippen molar-refractivity contribution in [3.05, 3.63) is 200 Å². The second kappa shape index (κ2) is 12.2. The molecule has 0 aliphatic rings. The molecule has 0 fully saturated rings. The third-order valence-electron chi connectivity index (χ3n) is 11.0. The Hall–Kier alpha value is -7.16. The Balaban J connectivity index is 1.08. The average molecular weight is 688 g/mol. The van der Waals surface area contributed by atoms with E-state index < -0.39 is 0 Å². The predicted molar refractivity (Wildman–Crippen MR) is 229 cm³/mol. The van der Waals surface area contributed by atoms with Crippen LogP contribution in [-0.2, 0) is 0 Å². The summed E-state index contributed by atoms with van der Waals surface area (Å²) in [6.45, 7) is 0. The van der Waals surface area contributed by atoms with Crippen LogP contribution in [0.2, 0.25) is 0 Å². The molecule has 0 unspecified atom stereocenters. The Labute approximate surface area is 312 Å². The number of anilines is 3. The van der Waals surface area contributed by atoms with Crippen molar-refractivity contribution in [2.75, 3.05) is 4.90 Å². The van der Waals surface area contributed by atoms with Gasteiger partial charge < -0.3 is 9.32 Å². The fourth-order valence-corrected chi connectivity index (χ4v) is 8.32. The lowest BCUT2D eigenvalue weighted by atomic mass is 9.97. The number of benzene rings is 10. The van der Waals surface area contributed by atoms with Crippen LogP contribution in [0.5, 0.6) is 0 Å². The Morgan fingerprint density at radius 3 is 1.61 bits per heavy atom. The van der Waals surface area contributed by atoms with Gasteiger partial charge in [-0.3, -0.25) is 0 Å². The molecule has 252 valence electrons. The van der Waals surface area contributed by atoms with Gasteiger partial charge in [0, 0.05) is 22.1 Å². The normalized spacial score (nSPS) is 11.7. The zero-order valence-electron chi connectivity index (χ0n) is 29.4. The molecule has 0 spiro atoms. The van der Waals surface area contributed by atoms with Crippen molar-refractivity contribution in [1.29, 1.82) is 0 Å². The van der Waals surface area contributed by atoms with Crippen LogP contribution in [0.4, 0.5) is 17.1 Å². The first kappa shape index (κ1) is 30.5. The monoisotopic (exact) mass is 687 g/mol. The number of furan rings is 1. The van der Waals surface area contributed by atoms with E-state index in [1.807, 2.05) is 0 Å². The predicted octanol–water partition coefficient (Wildman–Crippen LogP) is 15.0. The van der Waals surface area contributed by atoms with Gasteiger partial charge >= 0.3 is 0 Å². The van der Waals surface area contributed by atoms with Gasteiger partial charge in [0.15, 0.2) is 5.58 Å². The lowest BCUT2D eigenvalue weighted by Gasteiger charge is -2.26. The van der Waals surface area contributed by atoms with Gasteiger partial charge in [-0.05, 0) is 114 Å². The fraction of sp³-hybridized carbons (Fsp3) is 0. The van der Waals surface area contributed by atoms with Gasteiger partial charge in [0.2, 0.25) is 0 Å². The molecule has 1 heterocycles. The lowest BCUT2D eigenvalue weighted by Crippen LogP contribution is -2.10. The van der Waals surface area contributed by atoms with E-state index >= 15 is 0 Å². The van der Waals surface area contributed by atoms with Gasteiger partial charge in [-0.2, -0.15) is 0 Å². The largest absolute Gasteiger partial charge is 0.454 e. The van der Waals surface area contributed by atoms with E-state index in [9.17, 15) is 0 Å². The highest BCUT2D eigenvalue weighted by Gasteiger charge is 2.20. The molecule has 0 bridgehead atoms. The van der Waals surface area contributed by atoms with Crippen molar-refractivity contribution in [1.82, 2.24) is 0 Å². The van der Waals surface area contributed by atoms with E-state index in [0.29, 0.717) is 0 Å². The molecule has 11 aromatic rings. The molecule has 0 radical (unpaired) electrons. The van der Waals surface area contributed by atoms with Crippen molar-refractivity contribution in [2.45, 2.75) is 0 Å². The van der Waals surface area contributed by atoms with Crippen molar-refractivity contribution < 1.29 is 4.42 Å². The summed E-state index contributed by atoms with van der Waals surface area (Å²) in [6, 6.07) is 72.2. The molecular weight excluding hydrogens is 655 g/mol. The molecule has 11 rings (SSSR count). The summed E-state index contributed by atoms with van der Waals surface area (Å²) < 4.78 is 6.85. The van der Waals surface area contributed by atoms with Crippen LogP contribution in [0.1, 0.15) is 0 Å². The molecule has 0 aliphatic carbocycles. The highest BCUT2D eigenvalue weighted by Crippen LogP contribution is 2.44. The molecule has 2 nitrogen and oxygen atoms in total. The van der Waals surface area contributed by atoms with Crippen molar-refractivity contribution in [2.24, 2.45) is 0 Å². The van der Waals surface area contributed by atoms with Crippen molar-refractivity contribution >= 4 is 82.1 Å². The number of fused-ring (bicyclic) bond motifs is 9. The molecule has 1 aromatic heterocycles. The first-order valence-electron chi connectivity index (χ1n) is 18.5. The van der Waals surface area contributed by atoms with Crippen LogP contribution in [-0.4, -0.2) is 0 Å². The van der Waals surface area contributed by atoms with E-state index in [1.54, 1.807) is 0 Å². The van der Waals surface area contributed by atoms with Gasteiger partial charge in [-0.15, -0.1) is 0 Å². The number of nitrogens with zero attached hydrogens (tertiary/aromatic N) is 1. The van der Waals surface area contributed by atoms with E-state index in [0.717, 1.165) is 44.6 Å². The Bertz CT molecular complexity index is 3210. The van der Waals surface area contributed by atoms with Gasteiger partial charge in [-0.1, -0.05) is 152 Å². The highest BCUT2D eigenvalue weighted by molar-refractivity contribution is 6.13. The molecule has 2 heteroatoms. The summed E-state index contributed by atoms with van der Waals surface area (Å²) in [7, 11) is 0. The SMILES string of the molecule is c1ccc(-c2ccc3c(c2)oc2c(N(c4ccc(-c5ccc6c(ccc7ccccc76)c5)cc4)c4ccc5ccc6ccccc6c5c4)cccc23)cc1. The number of para-hydroxylation sites is 1. The van der Waals surface area contributed by atoms with Crippen LogP contribution in [0, 0.1) is 0 Å². The third-order valence-corrected chi connectivity index (χ3v) is 11.0. The molecule has 0 amide bonds. The van der Waals surface area contributed by atoms with Crippen LogP contribution in [0.3, 0.4) is 0 Å². The summed E-state index contributed by atoms with van der Waals surface area (Å²) in [4.78, 5) is 2.35. The molecule has 10 aromatic carbocycles. The molecule has 0 saturated heterocycles. The van der Waals surface area contributed by atoms with Crippen LogP contribution in [0.15, 0.2) is 205 Å². The van der Waals surface area contributed by atoms with Crippen molar-refractivity contribution in [3.63, 3.8) is 0 Å². The van der Waals surface area contributed by atoms with Crippen LogP contribution < -0.4 is 4.90 Å². The summed E-state index contributed by atoms with van der Waals surface area (Å²) in [5.74, 6) is 0. The molecule has 54 heavy (non-hydrogen) atoms. The maximum Gasteiger partial charge on any atom is 0.159 e. The Kier molecular flexibility index (Phi) is 6.90. The van der Waals surface area contributed by atoms with E-state index in [1.165, 1.54) is 59.8 Å². The van der Waals surface area contributed by atoms with Crippen molar-refractivity contribution in [3.8, 4) is 22.3 Å². The van der Waals surface area contributed by atoms with Gasteiger partial charge in [0.25, 0.3) is 0 Å². The first-order valence-corrected chi connectivity index (χ1v) is 18.5. The molecule has 0 atom stereocenters. The number of rotatable bonds is 5. The maximum absolute atomic E-state index is 6.85. The lowest BCUT2D eigenvalue weighted by molar-refractivity contribution is 0.669. The minimum atomic E-state index is 0.863. The zero-order chi connectivity index (χ0) is 35.6. The molecule has 0 aliphatic heterocycles. The smallest absolute Gasteiger partial charge is 0.159 e. The average Bonchev–Trinajstić information content (AvgIpc) is 3.63. The van der Waals surface area contributed by atoms with Crippen LogP contribution >= 0.6 is 0 Å². The second-order valence-electron chi connectivity index (χ2n) is 14.1. The fourth-order valence-electron chi connectivity index (χ4n) is 8.32. The first-order chi connectivity index (χ1) is 26.7.